The maximum atomic E-state index is 14.2. The number of amides is 4. The van der Waals surface area contributed by atoms with Crippen LogP contribution in [-0.4, -0.2) is 75.1 Å². The molecule has 0 spiro atoms. The van der Waals surface area contributed by atoms with Crippen molar-refractivity contribution in [1.29, 1.82) is 0 Å². The summed E-state index contributed by atoms with van der Waals surface area (Å²) in [4.78, 5) is 60.4. The molecule has 2 atom stereocenters. The minimum Gasteiger partial charge on any atom is -0.444 e. The highest BCUT2D eigenvalue weighted by Gasteiger charge is 2.35. The van der Waals surface area contributed by atoms with Gasteiger partial charge in [-0.15, -0.1) is 0 Å². The van der Waals surface area contributed by atoms with E-state index < -0.39 is 41.1 Å². The van der Waals surface area contributed by atoms with E-state index in [0.717, 1.165) is 43.2 Å². The number of hydrogen-bond donors (Lipinski definition) is 3. The molecule has 4 aromatic rings. The van der Waals surface area contributed by atoms with Crippen LogP contribution in [0.1, 0.15) is 83.0 Å². The van der Waals surface area contributed by atoms with Crippen molar-refractivity contribution in [2.45, 2.75) is 96.6 Å². The molecule has 0 radical (unpaired) electrons. The van der Waals surface area contributed by atoms with Crippen molar-refractivity contribution in [3.8, 4) is 0 Å². The van der Waals surface area contributed by atoms with Crippen LogP contribution in [0.25, 0.3) is 0 Å². The van der Waals surface area contributed by atoms with Crippen LogP contribution >= 0.6 is 0 Å². The molecule has 1 aliphatic heterocycles. The van der Waals surface area contributed by atoms with Crippen molar-refractivity contribution in [1.82, 2.24) is 25.1 Å². The van der Waals surface area contributed by atoms with Crippen LogP contribution in [0, 0.1) is 5.92 Å². The zero-order valence-corrected chi connectivity index (χ0v) is 33.2. The highest BCUT2D eigenvalue weighted by atomic mass is 16.6. The van der Waals surface area contributed by atoms with Gasteiger partial charge >= 0.3 is 6.09 Å². The second-order valence-electron chi connectivity index (χ2n) is 15.9. The van der Waals surface area contributed by atoms with Gasteiger partial charge in [-0.1, -0.05) is 91.0 Å². The lowest BCUT2D eigenvalue weighted by molar-refractivity contribution is -0.135. The molecule has 1 saturated heterocycles. The molecule has 1 unspecified atom stereocenters. The first-order valence-corrected chi connectivity index (χ1v) is 19.4. The molecular weight excluding hydrogens is 709 g/mol. The average Bonchev–Trinajstić information content (AvgIpc) is 3.62. The molecule has 3 aromatic carbocycles. The number of aromatic nitrogens is 2. The maximum absolute atomic E-state index is 14.2. The van der Waals surface area contributed by atoms with E-state index in [0.29, 0.717) is 19.0 Å². The maximum Gasteiger partial charge on any atom is 0.408 e. The molecule has 5 rings (SSSR count). The number of rotatable bonds is 16. The Morgan fingerprint density at radius 1 is 0.839 bits per heavy atom. The summed E-state index contributed by atoms with van der Waals surface area (Å²) in [7, 11) is 0. The van der Waals surface area contributed by atoms with Gasteiger partial charge in [0.05, 0.1) is 19.5 Å². The Hall–Kier alpha value is -5.49. The van der Waals surface area contributed by atoms with Crippen LogP contribution in [0.5, 0.6) is 0 Å². The molecule has 298 valence electrons. The van der Waals surface area contributed by atoms with E-state index in [1.54, 1.807) is 31.5 Å². The minimum absolute atomic E-state index is 0.0339. The third-order valence-electron chi connectivity index (χ3n) is 9.75. The van der Waals surface area contributed by atoms with E-state index in [1.165, 1.54) is 25.7 Å². The molecular formula is C44H56N6O6. The lowest BCUT2D eigenvalue weighted by Gasteiger charge is -2.34. The predicted molar refractivity (Wildman–Crippen MR) is 216 cm³/mol. The Balaban J connectivity index is 1.25. The standard InChI is InChI=1S/C44H56N6O6/c1-43(2,3)56-42(54)48-44(4,5)41(53)46-36(30-55-29-34-18-11-7-12-19-34)39(51)47-37-28-50(31-45-37)38(35-22-13-8-14-23-35)40(52)49-26-24-33(25-27-49)21-15-20-32-16-9-6-10-17-32/h6-14,16-19,22-23,28,31,33,36,38H,15,20-21,24-27,29-30H2,1-5H3,(H,46,53)(H,47,51)(H,48,54)/t36-,38?/m1/s1. The number of nitrogens with one attached hydrogen (secondary N) is 3. The summed E-state index contributed by atoms with van der Waals surface area (Å²) in [6.07, 6.45) is 7.63. The van der Waals surface area contributed by atoms with E-state index in [1.807, 2.05) is 71.6 Å². The lowest BCUT2D eigenvalue weighted by Crippen LogP contribution is -2.59. The quantitative estimate of drug-likeness (QED) is 0.116. The Morgan fingerprint density at radius 3 is 2.07 bits per heavy atom. The van der Waals surface area contributed by atoms with Gasteiger partial charge in [0.2, 0.25) is 11.8 Å². The molecule has 0 saturated carbocycles. The van der Waals surface area contributed by atoms with Crippen LogP contribution in [0.3, 0.4) is 0 Å². The summed E-state index contributed by atoms with van der Waals surface area (Å²) in [5.74, 6) is -0.451. The van der Waals surface area contributed by atoms with Gasteiger partial charge in [0.25, 0.3) is 5.91 Å². The molecule has 12 heteroatoms. The number of imidazole rings is 1. The Labute approximate surface area is 330 Å². The third kappa shape index (κ3) is 12.5. The highest BCUT2D eigenvalue weighted by molar-refractivity contribution is 5.98. The number of hydrogen-bond acceptors (Lipinski definition) is 7. The van der Waals surface area contributed by atoms with Crippen molar-refractivity contribution >= 4 is 29.6 Å². The van der Waals surface area contributed by atoms with Gasteiger partial charge in [-0.25, -0.2) is 9.78 Å². The van der Waals surface area contributed by atoms with Crippen molar-refractivity contribution in [2.24, 2.45) is 5.92 Å². The summed E-state index contributed by atoms with van der Waals surface area (Å²) in [6.45, 7) is 9.61. The van der Waals surface area contributed by atoms with Crippen LogP contribution in [0.15, 0.2) is 104 Å². The van der Waals surface area contributed by atoms with Gasteiger partial charge in [-0.2, -0.15) is 0 Å². The number of anilines is 1. The van der Waals surface area contributed by atoms with E-state index in [4.69, 9.17) is 9.47 Å². The largest absolute Gasteiger partial charge is 0.444 e. The number of piperidine rings is 1. The van der Waals surface area contributed by atoms with Gasteiger partial charge in [0.1, 0.15) is 23.2 Å². The Morgan fingerprint density at radius 2 is 1.45 bits per heavy atom. The second-order valence-corrected chi connectivity index (χ2v) is 15.9. The molecule has 4 amide bonds. The zero-order valence-electron chi connectivity index (χ0n) is 33.2. The number of carbonyl (C=O) groups is 4. The van der Waals surface area contributed by atoms with Crippen LogP contribution in [-0.2, 0) is 36.9 Å². The van der Waals surface area contributed by atoms with Gasteiger partial charge < -0.3 is 34.9 Å². The van der Waals surface area contributed by atoms with Gasteiger partial charge in [0, 0.05) is 19.3 Å². The van der Waals surface area contributed by atoms with E-state index in [-0.39, 0.29) is 24.9 Å². The van der Waals surface area contributed by atoms with E-state index in [2.05, 4.69) is 45.2 Å². The summed E-state index contributed by atoms with van der Waals surface area (Å²) >= 11 is 0. The van der Waals surface area contributed by atoms with Crippen molar-refractivity contribution in [3.05, 3.63) is 120 Å². The van der Waals surface area contributed by atoms with Crippen LogP contribution in [0.2, 0.25) is 0 Å². The number of alkyl carbamates (subject to hydrolysis) is 1. The van der Waals surface area contributed by atoms with Crippen molar-refractivity contribution in [2.75, 3.05) is 25.0 Å². The van der Waals surface area contributed by atoms with Crippen LogP contribution < -0.4 is 16.0 Å². The first kappa shape index (κ1) is 41.7. The Bertz CT molecular complexity index is 1870. The summed E-state index contributed by atoms with van der Waals surface area (Å²) in [5, 5.41) is 8.11. The number of likely N-dealkylation sites (tertiary alicyclic amines) is 1. The van der Waals surface area contributed by atoms with Crippen molar-refractivity contribution in [3.63, 3.8) is 0 Å². The van der Waals surface area contributed by atoms with E-state index in [9.17, 15) is 19.2 Å². The number of aryl methyl sites for hydroxylation is 1. The number of carbonyl (C=O) groups excluding carboxylic acids is 4. The van der Waals surface area contributed by atoms with Gasteiger partial charge in [0.15, 0.2) is 5.82 Å². The summed E-state index contributed by atoms with van der Waals surface area (Å²) in [5.41, 5.74) is 0.860. The molecule has 1 aromatic heterocycles. The molecule has 1 aliphatic rings. The Kier molecular flexibility index (Phi) is 14.4. The van der Waals surface area contributed by atoms with Crippen molar-refractivity contribution < 1.29 is 28.7 Å². The highest BCUT2D eigenvalue weighted by Crippen LogP contribution is 2.28. The second kappa shape index (κ2) is 19.4. The first-order valence-electron chi connectivity index (χ1n) is 19.4. The third-order valence-corrected chi connectivity index (χ3v) is 9.75. The fourth-order valence-corrected chi connectivity index (χ4v) is 6.69. The summed E-state index contributed by atoms with van der Waals surface area (Å²) in [6, 6.07) is 27.7. The number of ether oxygens (including phenoxy) is 2. The molecule has 56 heavy (non-hydrogen) atoms. The minimum atomic E-state index is -1.43. The number of nitrogens with zero attached hydrogens (tertiary/aromatic N) is 3. The van der Waals surface area contributed by atoms with Gasteiger partial charge in [-0.05, 0) is 89.3 Å². The van der Waals surface area contributed by atoms with E-state index >= 15 is 0 Å². The molecule has 12 nitrogen and oxygen atoms in total. The average molecular weight is 765 g/mol. The van der Waals surface area contributed by atoms with Gasteiger partial charge in [-0.3, -0.25) is 14.4 Å². The molecule has 3 N–H and O–H groups in total. The monoisotopic (exact) mass is 764 g/mol. The molecule has 0 aliphatic carbocycles. The lowest BCUT2D eigenvalue weighted by atomic mass is 9.90. The fraction of sp³-hybridized carbons (Fsp3) is 0.432. The van der Waals surface area contributed by atoms with Crippen LogP contribution in [0.4, 0.5) is 10.6 Å². The number of benzene rings is 3. The normalized spacial score (nSPS) is 14.7. The molecule has 2 heterocycles. The first-order chi connectivity index (χ1) is 26.8. The molecule has 0 bridgehead atoms. The predicted octanol–water partition coefficient (Wildman–Crippen LogP) is 6.68. The molecule has 1 fully saturated rings. The zero-order chi connectivity index (χ0) is 40.1. The SMILES string of the molecule is CC(C)(C)OC(=O)NC(C)(C)C(=O)N[C@H](COCc1ccccc1)C(=O)Nc1cn(C(C(=O)N2CCC(CCCc3ccccc3)CC2)c2ccccc2)cn1. The topological polar surface area (TPSA) is 144 Å². The summed E-state index contributed by atoms with van der Waals surface area (Å²) < 4.78 is 12.9. The fourth-order valence-electron chi connectivity index (χ4n) is 6.69. The smallest absolute Gasteiger partial charge is 0.408 e.